The van der Waals surface area contributed by atoms with Crippen LogP contribution in [0.2, 0.25) is 0 Å². The van der Waals surface area contributed by atoms with Gasteiger partial charge in [-0.1, -0.05) is 48.1 Å². The predicted molar refractivity (Wildman–Crippen MR) is 122 cm³/mol. The second kappa shape index (κ2) is 7.53. The van der Waals surface area contributed by atoms with Crippen LogP contribution in [0.25, 0.3) is 0 Å². The Bertz CT molecular complexity index is 1520. The Morgan fingerprint density at radius 2 is 1.71 bits per heavy atom. The molecular weight excluding hydrogens is 434 g/mol. The van der Waals surface area contributed by atoms with Gasteiger partial charge in [-0.05, 0) is 30.3 Å². The second-order valence-electron chi connectivity index (χ2n) is 8.03. The SMILES string of the molecule is COc1ccccc1N1NOC(=O)/C1=C1\CC2(N=c3ccccc3=N1)C(=O)Nc1ccccc12. The first-order valence-electron chi connectivity index (χ1n) is 10.7. The monoisotopic (exact) mass is 453 g/mol. The van der Waals surface area contributed by atoms with Crippen LogP contribution in [0.1, 0.15) is 12.0 Å². The topological polar surface area (TPSA) is 105 Å². The summed E-state index contributed by atoms with van der Waals surface area (Å²) in [5, 5.41) is 5.54. The number of rotatable bonds is 2. The molecule has 0 saturated carbocycles. The van der Waals surface area contributed by atoms with E-state index >= 15 is 0 Å². The highest BCUT2D eigenvalue weighted by Gasteiger charge is 2.49. The van der Waals surface area contributed by atoms with Crippen molar-refractivity contribution >= 4 is 23.3 Å². The number of benzene rings is 3. The van der Waals surface area contributed by atoms with Gasteiger partial charge in [0.1, 0.15) is 11.4 Å². The molecule has 1 amide bonds. The van der Waals surface area contributed by atoms with Crippen LogP contribution < -0.4 is 31.4 Å². The molecule has 1 unspecified atom stereocenters. The van der Waals surface area contributed by atoms with Crippen molar-refractivity contribution in [3.63, 3.8) is 0 Å². The van der Waals surface area contributed by atoms with Gasteiger partial charge in [0.25, 0.3) is 5.91 Å². The first-order chi connectivity index (χ1) is 16.6. The van der Waals surface area contributed by atoms with E-state index in [0.717, 1.165) is 5.56 Å². The van der Waals surface area contributed by atoms with Crippen LogP contribution in [0.5, 0.6) is 5.75 Å². The van der Waals surface area contributed by atoms with E-state index in [-0.39, 0.29) is 18.0 Å². The van der Waals surface area contributed by atoms with Crippen molar-refractivity contribution in [2.75, 3.05) is 17.4 Å². The number of amides is 1. The average Bonchev–Trinajstić information content (AvgIpc) is 3.30. The molecule has 0 bridgehead atoms. The van der Waals surface area contributed by atoms with E-state index in [9.17, 15) is 9.59 Å². The van der Waals surface area contributed by atoms with Crippen LogP contribution >= 0.6 is 0 Å². The number of hydrogen-bond acceptors (Lipinski definition) is 8. The normalized spacial score (nSPS) is 22.8. The summed E-state index contributed by atoms with van der Waals surface area (Å²) in [5.41, 5.74) is 3.87. The number of carbonyl (C=O) groups is 2. The van der Waals surface area contributed by atoms with Crippen molar-refractivity contribution in [3.8, 4) is 5.75 Å². The van der Waals surface area contributed by atoms with E-state index in [0.29, 0.717) is 33.5 Å². The third kappa shape index (κ3) is 2.91. The van der Waals surface area contributed by atoms with Gasteiger partial charge in [0, 0.05) is 17.7 Å². The number of hydrazine groups is 1. The number of fused-ring (bicyclic) bond motifs is 3. The molecular formula is C25H19N5O4. The summed E-state index contributed by atoms with van der Waals surface area (Å²) in [5.74, 6) is -0.364. The van der Waals surface area contributed by atoms with Gasteiger partial charge in [-0.25, -0.2) is 14.8 Å². The molecule has 3 aromatic rings. The van der Waals surface area contributed by atoms with Crippen molar-refractivity contribution in [2.45, 2.75) is 12.0 Å². The molecule has 1 spiro atoms. The summed E-state index contributed by atoms with van der Waals surface area (Å²) in [6, 6.07) is 21.9. The van der Waals surface area contributed by atoms with E-state index in [1.165, 1.54) is 5.01 Å². The lowest BCUT2D eigenvalue weighted by Gasteiger charge is -2.24. The summed E-state index contributed by atoms with van der Waals surface area (Å²) in [6.45, 7) is 0. The number of carbonyl (C=O) groups excluding carboxylic acids is 2. The average molecular weight is 453 g/mol. The summed E-state index contributed by atoms with van der Waals surface area (Å²) in [7, 11) is 1.55. The Hall–Kier alpha value is -4.50. The van der Waals surface area contributed by atoms with Gasteiger partial charge in [-0.2, -0.15) is 0 Å². The highest BCUT2D eigenvalue weighted by molar-refractivity contribution is 6.06. The number of nitrogens with one attached hydrogen (secondary N) is 2. The number of methoxy groups -OCH3 is 1. The largest absolute Gasteiger partial charge is 0.495 e. The Balaban J connectivity index is 1.64. The van der Waals surface area contributed by atoms with Crippen molar-refractivity contribution < 1.29 is 19.2 Å². The standard InChI is InChI=1S/C25H19N5O4/c1-33-21-13-7-6-12-20(21)30-22(23(31)34-29-30)19-14-25(28-18-11-5-4-10-17(18)26-19)15-8-2-3-9-16(15)27-24(25)32/h2-13,29H,14H2,1H3,(H,27,32)/b22-19-. The molecule has 3 aliphatic heterocycles. The minimum Gasteiger partial charge on any atom is -0.495 e. The molecule has 3 heterocycles. The predicted octanol–water partition coefficient (Wildman–Crippen LogP) is 1.88. The van der Waals surface area contributed by atoms with Crippen LogP contribution in [-0.4, -0.2) is 19.0 Å². The lowest BCUT2D eigenvalue weighted by Crippen LogP contribution is -2.36. The molecule has 0 radical (unpaired) electrons. The highest BCUT2D eigenvalue weighted by Crippen LogP contribution is 2.45. The zero-order valence-electron chi connectivity index (χ0n) is 18.1. The summed E-state index contributed by atoms with van der Waals surface area (Å²) < 4.78 is 5.48. The van der Waals surface area contributed by atoms with Gasteiger partial charge in [0.15, 0.2) is 11.2 Å². The summed E-state index contributed by atoms with van der Waals surface area (Å²) in [6.07, 6.45) is 0.0578. The molecule has 3 aromatic carbocycles. The fourth-order valence-corrected chi connectivity index (χ4v) is 4.55. The van der Waals surface area contributed by atoms with E-state index < -0.39 is 11.5 Å². The Kier molecular flexibility index (Phi) is 4.46. The molecule has 1 fully saturated rings. The molecule has 9 nitrogen and oxygen atoms in total. The van der Waals surface area contributed by atoms with Crippen molar-refractivity contribution in [1.29, 1.82) is 0 Å². The van der Waals surface area contributed by atoms with Gasteiger partial charge < -0.3 is 14.9 Å². The van der Waals surface area contributed by atoms with Crippen LogP contribution in [0.3, 0.4) is 0 Å². The van der Waals surface area contributed by atoms with Gasteiger partial charge >= 0.3 is 5.97 Å². The van der Waals surface area contributed by atoms with Gasteiger partial charge in [-0.3, -0.25) is 9.79 Å². The quantitative estimate of drug-likeness (QED) is 0.575. The molecule has 3 aliphatic rings. The van der Waals surface area contributed by atoms with E-state index in [1.54, 1.807) is 25.3 Å². The minimum atomic E-state index is -1.29. The minimum absolute atomic E-state index is 0.0578. The molecule has 34 heavy (non-hydrogen) atoms. The number of hydrogen-bond donors (Lipinski definition) is 2. The van der Waals surface area contributed by atoms with Crippen molar-refractivity contribution in [2.24, 2.45) is 9.98 Å². The maximum absolute atomic E-state index is 13.4. The van der Waals surface area contributed by atoms with Gasteiger partial charge in [0.2, 0.25) is 0 Å². The smallest absolute Gasteiger partial charge is 0.378 e. The van der Waals surface area contributed by atoms with Gasteiger partial charge in [0.05, 0.1) is 23.5 Å². The molecule has 0 aliphatic carbocycles. The fourth-order valence-electron chi connectivity index (χ4n) is 4.55. The van der Waals surface area contributed by atoms with E-state index in [2.05, 4.69) is 10.9 Å². The van der Waals surface area contributed by atoms with E-state index in [1.807, 2.05) is 54.6 Å². The number of anilines is 2. The zero-order valence-corrected chi connectivity index (χ0v) is 18.1. The number of nitrogens with zero attached hydrogens (tertiary/aromatic N) is 3. The molecule has 0 aromatic heterocycles. The van der Waals surface area contributed by atoms with Crippen molar-refractivity contribution in [3.05, 3.63) is 100 Å². The molecule has 6 rings (SSSR count). The Labute approximate surface area is 194 Å². The molecule has 1 atom stereocenters. The highest BCUT2D eigenvalue weighted by atomic mass is 16.7. The van der Waals surface area contributed by atoms with Crippen LogP contribution in [0.15, 0.2) is 94.2 Å². The Morgan fingerprint density at radius 3 is 2.56 bits per heavy atom. The summed E-state index contributed by atoms with van der Waals surface area (Å²) in [4.78, 5) is 41.3. The van der Waals surface area contributed by atoms with E-state index in [4.69, 9.17) is 19.6 Å². The van der Waals surface area contributed by atoms with Crippen LogP contribution in [0.4, 0.5) is 11.4 Å². The first kappa shape index (κ1) is 20.1. The second-order valence-corrected chi connectivity index (χ2v) is 8.03. The van der Waals surface area contributed by atoms with Crippen molar-refractivity contribution in [1.82, 2.24) is 5.59 Å². The van der Waals surface area contributed by atoms with Crippen LogP contribution in [0, 0.1) is 0 Å². The van der Waals surface area contributed by atoms with Crippen LogP contribution in [-0.2, 0) is 20.0 Å². The molecule has 168 valence electrons. The Morgan fingerprint density at radius 1 is 0.971 bits per heavy atom. The van der Waals surface area contributed by atoms with Gasteiger partial charge in [-0.15, -0.1) is 0 Å². The number of para-hydroxylation sites is 5. The lowest BCUT2D eigenvalue weighted by molar-refractivity contribution is -0.140. The fraction of sp³-hybridized carbons (Fsp3) is 0.120. The summed E-state index contributed by atoms with van der Waals surface area (Å²) >= 11 is 0. The molecule has 1 saturated heterocycles. The molecule has 2 N–H and O–H groups in total. The zero-order chi connectivity index (χ0) is 23.3. The lowest BCUT2D eigenvalue weighted by atomic mass is 9.86. The maximum atomic E-state index is 13.4. The third-order valence-corrected chi connectivity index (χ3v) is 6.11. The number of ether oxygens (including phenoxy) is 1. The third-order valence-electron chi connectivity index (χ3n) is 6.11. The first-order valence-corrected chi connectivity index (χ1v) is 10.7. The molecule has 9 heteroatoms. The maximum Gasteiger partial charge on any atom is 0.378 e.